The van der Waals surface area contributed by atoms with E-state index in [4.69, 9.17) is 4.52 Å². The van der Waals surface area contributed by atoms with Crippen molar-refractivity contribution in [2.45, 2.75) is 26.3 Å². The molecule has 0 N–H and O–H groups in total. The van der Waals surface area contributed by atoms with Gasteiger partial charge in [-0.25, -0.2) is 4.79 Å². The molecular weight excluding hydrogens is 236 g/mol. The maximum atomic E-state index is 11.8. The van der Waals surface area contributed by atoms with Crippen LogP contribution < -0.4 is 11.2 Å². The molecule has 0 aromatic carbocycles. The molecule has 0 atom stereocenters. The fourth-order valence-electron chi connectivity index (χ4n) is 1.47. The monoisotopic (exact) mass is 250 g/mol. The zero-order chi connectivity index (χ0) is 13.3. The molecule has 18 heavy (non-hydrogen) atoms. The van der Waals surface area contributed by atoms with Gasteiger partial charge in [0.15, 0.2) is 5.82 Å². The molecule has 7 nitrogen and oxygen atoms in total. The normalized spacial score (nSPS) is 11.1. The van der Waals surface area contributed by atoms with Gasteiger partial charge in [0.25, 0.3) is 5.56 Å². The smallest absolute Gasteiger partial charge is 0.331 e. The molecule has 0 aliphatic rings. The molecule has 0 amide bonds. The zero-order valence-electron chi connectivity index (χ0n) is 10.5. The molecule has 0 spiro atoms. The Morgan fingerprint density at radius 3 is 2.72 bits per heavy atom. The minimum Gasteiger partial charge on any atom is -0.339 e. The Bertz CT molecular complexity index is 665. The van der Waals surface area contributed by atoms with Crippen LogP contribution in [0.25, 0.3) is 0 Å². The van der Waals surface area contributed by atoms with Crippen LogP contribution in [0.4, 0.5) is 0 Å². The Kier molecular flexibility index (Phi) is 3.14. The van der Waals surface area contributed by atoms with Crippen LogP contribution in [0.5, 0.6) is 0 Å². The summed E-state index contributed by atoms with van der Waals surface area (Å²) in [5, 5.41) is 3.75. The van der Waals surface area contributed by atoms with Crippen molar-refractivity contribution >= 4 is 0 Å². The van der Waals surface area contributed by atoms with Crippen molar-refractivity contribution in [3.8, 4) is 0 Å². The third-order valence-corrected chi connectivity index (χ3v) is 2.52. The van der Waals surface area contributed by atoms with E-state index in [1.165, 1.54) is 16.8 Å². The predicted octanol–water partition coefficient (Wildman–Crippen LogP) is 0.102. The third kappa shape index (κ3) is 2.24. The van der Waals surface area contributed by atoms with Gasteiger partial charge in [-0.2, -0.15) is 4.98 Å². The summed E-state index contributed by atoms with van der Waals surface area (Å²) in [5.74, 6) is 0.927. The molecule has 0 saturated heterocycles. The zero-order valence-corrected chi connectivity index (χ0v) is 10.5. The Balaban J connectivity index is 2.37. The van der Waals surface area contributed by atoms with Gasteiger partial charge in [-0.1, -0.05) is 19.0 Å². The molecule has 2 rings (SSSR count). The number of rotatable bonds is 3. The van der Waals surface area contributed by atoms with E-state index in [1.54, 1.807) is 7.05 Å². The van der Waals surface area contributed by atoms with Gasteiger partial charge in [0.1, 0.15) is 0 Å². The number of nitrogens with zero attached hydrogens (tertiary/aromatic N) is 4. The summed E-state index contributed by atoms with van der Waals surface area (Å²) >= 11 is 0. The first-order chi connectivity index (χ1) is 8.49. The van der Waals surface area contributed by atoms with E-state index in [2.05, 4.69) is 10.1 Å². The maximum absolute atomic E-state index is 11.8. The van der Waals surface area contributed by atoms with Gasteiger partial charge in [0.05, 0.1) is 6.54 Å². The molecular formula is C11H14N4O3. The summed E-state index contributed by atoms with van der Waals surface area (Å²) in [6.45, 7) is 3.86. The number of hydrogen-bond donors (Lipinski definition) is 0. The molecule has 0 aliphatic carbocycles. The van der Waals surface area contributed by atoms with Crippen molar-refractivity contribution in [3.05, 3.63) is 44.8 Å². The summed E-state index contributed by atoms with van der Waals surface area (Å²) < 4.78 is 7.41. The Hall–Kier alpha value is -2.18. The van der Waals surface area contributed by atoms with E-state index in [1.807, 2.05) is 13.8 Å². The second-order valence-corrected chi connectivity index (χ2v) is 4.34. The van der Waals surface area contributed by atoms with Crippen LogP contribution in [0, 0.1) is 0 Å². The van der Waals surface area contributed by atoms with E-state index >= 15 is 0 Å². The summed E-state index contributed by atoms with van der Waals surface area (Å²) in [6, 6.07) is 1.32. The molecule has 2 aromatic rings. The molecule has 0 fully saturated rings. The van der Waals surface area contributed by atoms with Crippen molar-refractivity contribution in [2.24, 2.45) is 7.05 Å². The van der Waals surface area contributed by atoms with Gasteiger partial charge < -0.3 is 9.09 Å². The van der Waals surface area contributed by atoms with Crippen LogP contribution in [-0.4, -0.2) is 19.3 Å². The summed E-state index contributed by atoms with van der Waals surface area (Å²) in [7, 11) is 1.58. The Labute approximate surface area is 103 Å². The highest BCUT2D eigenvalue weighted by Gasteiger charge is 2.12. The fraction of sp³-hybridized carbons (Fsp3) is 0.455. The van der Waals surface area contributed by atoms with Crippen molar-refractivity contribution in [3.63, 3.8) is 0 Å². The van der Waals surface area contributed by atoms with E-state index < -0.39 is 5.69 Å². The number of hydrogen-bond acceptors (Lipinski definition) is 5. The van der Waals surface area contributed by atoms with Crippen molar-refractivity contribution in [2.75, 3.05) is 0 Å². The number of aryl methyl sites for hydroxylation is 1. The van der Waals surface area contributed by atoms with Crippen LogP contribution in [-0.2, 0) is 13.6 Å². The quantitative estimate of drug-likeness (QED) is 0.771. The predicted molar refractivity (Wildman–Crippen MR) is 63.4 cm³/mol. The average Bonchev–Trinajstić information content (AvgIpc) is 2.78. The first-order valence-electron chi connectivity index (χ1n) is 5.58. The number of aromatic nitrogens is 4. The lowest BCUT2D eigenvalue weighted by molar-refractivity contribution is 0.359. The van der Waals surface area contributed by atoms with E-state index in [9.17, 15) is 9.59 Å². The van der Waals surface area contributed by atoms with E-state index in [-0.39, 0.29) is 18.0 Å². The van der Waals surface area contributed by atoms with E-state index in [0.29, 0.717) is 11.7 Å². The Morgan fingerprint density at radius 1 is 1.39 bits per heavy atom. The first kappa shape index (κ1) is 12.3. The minimum atomic E-state index is -0.404. The summed E-state index contributed by atoms with van der Waals surface area (Å²) in [4.78, 5) is 27.5. The van der Waals surface area contributed by atoms with Crippen LogP contribution in [0.2, 0.25) is 0 Å². The second-order valence-electron chi connectivity index (χ2n) is 4.34. The van der Waals surface area contributed by atoms with Gasteiger partial charge in [0.2, 0.25) is 5.89 Å². The summed E-state index contributed by atoms with van der Waals surface area (Å²) in [6.07, 6.45) is 1.43. The molecule has 7 heteroatoms. The molecule has 0 radical (unpaired) electrons. The highest BCUT2D eigenvalue weighted by Crippen LogP contribution is 2.10. The van der Waals surface area contributed by atoms with Crippen LogP contribution >= 0.6 is 0 Å². The lowest BCUT2D eigenvalue weighted by atomic mass is 10.2. The largest absolute Gasteiger partial charge is 0.339 e. The molecule has 2 aromatic heterocycles. The van der Waals surface area contributed by atoms with Crippen molar-refractivity contribution < 1.29 is 4.52 Å². The lowest BCUT2D eigenvalue weighted by Gasteiger charge is -2.02. The maximum Gasteiger partial charge on any atom is 0.331 e. The van der Waals surface area contributed by atoms with E-state index in [0.717, 1.165) is 4.57 Å². The van der Waals surface area contributed by atoms with Gasteiger partial charge >= 0.3 is 5.69 Å². The molecule has 96 valence electrons. The highest BCUT2D eigenvalue weighted by atomic mass is 16.5. The highest BCUT2D eigenvalue weighted by molar-refractivity contribution is 4.94. The first-order valence-corrected chi connectivity index (χ1v) is 5.58. The van der Waals surface area contributed by atoms with Gasteiger partial charge in [-0.3, -0.25) is 9.36 Å². The van der Waals surface area contributed by atoms with Crippen LogP contribution in [0.1, 0.15) is 31.5 Å². The standard InChI is InChI=1S/C11H14N4O3/c1-7(2)10-12-8(13-18-10)6-15-9(16)4-5-14(3)11(15)17/h4-5,7H,6H2,1-3H3. The Morgan fingerprint density at radius 2 is 2.11 bits per heavy atom. The molecule has 2 heterocycles. The molecule has 0 saturated carbocycles. The van der Waals surface area contributed by atoms with Gasteiger partial charge in [-0.15, -0.1) is 0 Å². The average molecular weight is 250 g/mol. The van der Waals surface area contributed by atoms with Crippen LogP contribution in [0.15, 0.2) is 26.4 Å². The molecule has 0 bridgehead atoms. The second kappa shape index (κ2) is 4.59. The van der Waals surface area contributed by atoms with Gasteiger partial charge in [0, 0.05) is 25.2 Å². The molecule has 0 unspecified atom stereocenters. The van der Waals surface area contributed by atoms with Crippen LogP contribution in [0.3, 0.4) is 0 Å². The minimum absolute atomic E-state index is 0.0164. The van der Waals surface area contributed by atoms with Gasteiger partial charge in [-0.05, 0) is 0 Å². The molecule has 0 aliphatic heterocycles. The van der Waals surface area contributed by atoms with Crippen molar-refractivity contribution in [1.82, 2.24) is 19.3 Å². The fourth-order valence-corrected chi connectivity index (χ4v) is 1.47. The lowest BCUT2D eigenvalue weighted by Crippen LogP contribution is -2.38. The topological polar surface area (TPSA) is 82.9 Å². The SMILES string of the molecule is CC(C)c1nc(Cn2c(=O)ccn(C)c2=O)no1. The summed E-state index contributed by atoms with van der Waals surface area (Å²) in [5.41, 5.74) is -0.785. The van der Waals surface area contributed by atoms with Crippen molar-refractivity contribution in [1.29, 1.82) is 0 Å². The third-order valence-electron chi connectivity index (χ3n) is 2.52.